The second kappa shape index (κ2) is 8.24. The molecule has 1 aliphatic rings. The molecule has 1 atom stereocenters. The molecule has 26 heavy (non-hydrogen) atoms. The highest BCUT2D eigenvalue weighted by Gasteiger charge is 2.31. The molecule has 0 radical (unpaired) electrons. The van der Waals surface area contributed by atoms with Crippen molar-refractivity contribution in [3.63, 3.8) is 0 Å². The number of methoxy groups -OCH3 is 1. The summed E-state index contributed by atoms with van der Waals surface area (Å²) in [6, 6.07) is 6.76. The number of carbonyl (C=O) groups is 5. The van der Waals surface area contributed by atoms with E-state index in [0.717, 1.165) is 12.0 Å². The maximum Gasteiger partial charge on any atom is 0.413 e. The van der Waals surface area contributed by atoms with E-state index in [4.69, 9.17) is 4.74 Å². The van der Waals surface area contributed by atoms with Gasteiger partial charge in [-0.25, -0.2) is 4.79 Å². The van der Waals surface area contributed by atoms with E-state index in [1.165, 1.54) is 6.92 Å². The van der Waals surface area contributed by atoms with Gasteiger partial charge in [0.05, 0.1) is 20.0 Å². The van der Waals surface area contributed by atoms with Crippen LogP contribution in [0.25, 0.3) is 0 Å². The summed E-state index contributed by atoms with van der Waals surface area (Å²) in [6.45, 7) is 1.12. The molecule has 9 heteroatoms. The number of hydrogen-bond acceptors (Lipinski definition) is 7. The molecule has 138 valence electrons. The van der Waals surface area contributed by atoms with Gasteiger partial charge < -0.3 is 9.47 Å². The van der Waals surface area contributed by atoms with Gasteiger partial charge >= 0.3 is 12.1 Å². The molecule has 1 aromatic carbocycles. The van der Waals surface area contributed by atoms with Crippen molar-refractivity contribution in [2.45, 2.75) is 25.9 Å². The second-order valence-electron chi connectivity index (χ2n) is 5.55. The third kappa shape index (κ3) is 4.44. The molecule has 1 aromatic rings. The predicted molar refractivity (Wildman–Crippen MR) is 86.9 cm³/mol. The summed E-state index contributed by atoms with van der Waals surface area (Å²) in [5, 5.41) is 1.87. The first kappa shape index (κ1) is 19.1. The Bertz CT molecular complexity index is 759. The predicted octanol–water partition coefficient (Wildman–Crippen LogP) is 0.416. The van der Waals surface area contributed by atoms with Crippen LogP contribution < -0.4 is 5.32 Å². The lowest BCUT2D eigenvalue weighted by Gasteiger charge is -2.26. The van der Waals surface area contributed by atoms with Crippen molar-refractivity contribution in [1.29, 1.82) is 0 Å². The quantitative estimate of drug-likeness (QED) is 0.595. The summed E-state index contributed by atoms with van der Waals surface area (Å²) in [7, 11) is 1.09. The molecular weight excluding hydrogens is 344 g/mol. The van der Waals surface area contributed by atoms with Crippen molar-refractivity contribution in [3.8, 4) is 0 Å². The van der Waals surface area contributed by atoms with Gasteiger partial charge in [-0.15, -0.1) is 0 Å². The maximum absolute atomic E-state index is 12.4. The Morgan fingerprint density at radius 1 is 1.23 bits per heavy atom. The van der Waals surface area contributed by atoms with Crippen LogP contribution in [0.15, 0.2) is 24.3 Å². The van der Waals surface area contributed by atoms with Crippen LogP contribution in [0, 0.1) is 0 Å². The van der Waals surface area contributed by atoms with Crippen molar-refractivity contribution in [2.75, 3.05) is 13.7 Å². The Kier molecular flexibility index (Phi) is 6.05. The number of nitrogens with zero attached hydrogens (tertiary/aromatic N) is 1. The van der Waals surface area contributed by atoms with Crippen molar-refractivity contribution in [3.05, 3.63) is 35.4 Å². The van der Waals surface area contributed by atoms with E-state index >= 15 is 0 Å². The molecule has 0 aliphatic carbocycles. The van der Waals surface area contributed by atoms with Crippen molar-refractivity contribution >= 4 is 29.8 Å². The highest BCUT2D eigenvalue weighted by molar-refractivity contribution is 6.09. The topological polar surface area (TPSA) is 119 Å². The van der Waals surface area contributed by atoms with E-state index in [2.05, 4.69) is 4.74 Å². The fourth-order valence-corrected chi connectivity index (χ4v) is 2.39. The van der Waals surface area contributed by atoms with Gasteiger partial charge in [0.25, 0.3) is 11.8 Å². The molecular formula is C17H18N2O7. The molecule has 0 spiro atoms. The molecule has 0 saturated carbocycles. The molecule has 0 fully saturated rings. The van der Waals surface area contributed by atoms with Gasteiger partial charge in [-0.2, -0.15) is 0 Å². The number of esters is 1. The molecule has 1 N–H and O–H groups in total. The summed E-state index contributed by atoms with van der Waals surface area (Å²) in [4.78, 5) is 59.8. The number of imide groups is 2. The summed E-state index contributed by atoms with van der Waals surface area (Å²) in [5.41, 5.74) is 1.07. The van der Waals surface area contributed by atoms with E-state index in [1.54, 1.807) is 24.3 Å². The first-order valence-electron chi connectivity index (χ1n) is 7.84. The molecule has 1 heterocycles. The lowest BCUT2D eigenvalue weighted by atomic mass is 9.98. The Labute approximate surface area is 149 Å². The normalized spacial score (nSPS) is 14.3. The van der Waals surface area contributed by atoms with Gasteiger partial charge in [0.15, 0.2) is 6.10 Å². The SMILES string of the molecule is COC(=O)NC(=O)[C@@H](C)OC(=O)CCN1C(=O)Cc2ccccc2C1=O. The lowest BCUT2D eigenvalue weighted by molar-refractivity contribution is -0.155. The van der Waals surface area contributed by atoms with Gasteiger partial charge in [-0.1, -0.05) is 18.2 Å². The molecule has 1 aliphatic heterocycles. The monoisotopic (exact) mass is 362 g/mol. The molecule has 0 saturated heterocycles. The molecule has 0 bridgehead atoms. The van der Waals surface area contributed by atoms with Crippen LogP contribution in [0.3, 0.4) is 0 Å². The Morgan fingerprint density at radius 2 is 1.92 bits per heavy atom. The third-order valence-corrected chi connectivity index (χ3v) is 3.76. The zero-order valence-corrected chi connectivity index (χ0v) is 14.3. The van der Waals surface area contributed by atoms with Crippen LogP contribution in [0.4, 0.5) is 4.79 Å². The Morgan fingerprint density at radius 3 is 2.62 bits per heavy atom. The van der Waals surface area contributed by atoms with Crippen LogP contribution in [-0.4, -0.2) is 54.4 Å². The highest BCUT2D eigenvalue weighted by Crippen LogP contribution is 2.19. The molecule has 0 unspecified atom stereocenters. The number of hydrogen-bond donors (Lipinski definition) is 1. The van der Waals surface area contributed by atoms with Crippen molar-refractivity contribution in [2.24, 2.45) is 0 Å². The Balaban J connectivity index is 1.89. The van der Waals surface area contributed by atoms with E-state index in [0.29, 0.717) is 11.1 Å². The largest absolute Gasteiger partial charge is 0.453 e. The van der Waals surface area contributed by atoms with Gasteiger partial charge in [0.2, 0.25) is 5.91 Å². The molecule has 2 rings (SSSR count). The van der Waals surface area contributed by atoms with Crippen LogP contribution in [0.5, 0.6) is 0 Å². The van der Waals surface area contributed by atoms with E-state index in [9.17, 15) is 24.0 Å². The van der Waals surface area contributed by atoms with Crippen LogP contribution >= 0.6 is 0 Å². The van der Waals surface area contributed by atoms with Gasteiger partial charge in [-0.3, -0.25) is 29.4 Å². The zero-order valence-electron chi connectivity index (χ0n) is 14.3. The Hall–Kier alpha value is -3.23. The van der Waals surface area contributed by atoms with E-state index in [-0.39, 0.29) is 19.4 Å². The fourth-order valence-electron chi connectivity index (χ4n) is 2.39. The first-order chi connectivity index (χ1) is 12.3. The van der Waals surface area contributed by atoms with Gasteiger partial charge in [0, 0.05) is 12.1 Å². The van der Waals surface area contributed by atoms with Gasteiger partial charge in [-0.05, 0) is 18.6 Å². The number of amides is 4. The van der Waals surface area contributed by atoms with Crippen LogP contribution in [0.2, 0.25) is 0 Å². The maximum atomic E-state index is 12.4. The smallest absolute Gasteiger partial charge is 0.413 e. The summed E-state index contributed by atoms with van der Waals surface area (Å²) in [6.07, 6.45) is -2.39. The number of rotatable bonds is 5. The summed E-state index contributed by atoms with van der Waals surface area (Å²) >= 11 is 0. The fraction of sp³-hybridized carbons (Fsp3) is 0.353. The molecule has 9 nitrogen and oxygen atoms in total. The number of ether oxygens (including phenoxy) is 2. The molecule has 4 amide bonds. The van der Waals surface area contributed by atoms with E-state index < -0.39 is 35.9 Å². The summed E-state index contributed by atoms with van der Waals surface area (Å²) < 4.78 is 9.14. The molecule has 0 aromatic heterocycles. The summed E-state index contributed by atoms with van der Waals surface area (Å²) in [5.74, 6) is -2.50. The lowest BCUT2D eigenvalue weighted by Crippen LogP contribution is -2.44. The minimum atomic E-state index is -1.23. The average molecular weight is 362 g/mol. The first-order valence-corrected chi connectivity index (χ1v) is 7.84. The average Bonchev–Trinajstić information content (AvgIpc) is 2.61. The number of fused-ring (bicyclic) bond motifs is 1. The number of carbonyl (C=O) groups excluding carboxylic acids is 5. The number of nitrogens with one attached hydrogen (secondary N) is 1. The minimum Gasteiger partial charge on any atom is -0.453 e. The van der Waals surface area contributed by atoms with Crippen molar-refractivity contribution < 1.29 is 33.4 Å². The van der Waals surface area contributed by atoms with Crippen LogP contribution in [-0.2, 0) is 30.3 Å². The third-order valence-electron chi connectivity index (χ3n) is 3.76. The standard InChI is InChI=1S/C17H18N2O7/c1-10(15(22)18-17(24)25-2)26-14(21)7-8-19-13(20)9-11-5-3-4-6-12(11)16(19)23/h3-6,10H,7-9H2,1-2H3,(H,18,22,24)/t10-/m1/s1. The number of benzene rings is 1. The van der Waals surface area contributed by atoms with Gasteiger partial charge in [0.1, 0.15) is 0 Å². The second-order valence-corrected chi connectivity index (χ2v) is 5.55. The minimum absolute atomic E-state index is 0.0783. The van der Waals surface area contributed by atoms with Crippen molar-refractivity contribution in [1.82, 2.24) is 10.2 Å². The zero-order chi connectivity index (χ0) is 19.3. The van der Waals surface area contributed by atoms with E-state index in [1.807, 2.05) is 5.32 Å². The number of alkyl carbamates (subject to hydrolysis) is 1. The van der Waals surface area contributed by atoms with Crippen LogP contribution in [0.1, 0.15) is 29.3 Å². The highest BCUT2D eigenvalue weighted by atomic mass is 16.6.